The van der Waals surface area contributed by atoms with Crippen LogP contribution in [0.3, 0.4) is 0 Å². The summed E-state index contributed by atoms with van der Waals surface area (Å²) < 4.78 is 5.26. The van der Waals surface area contributed by atoms with Crippen LogP contribution in [0.25, 0.3) is 21.5 Å². The molecule has 3 N–H and O–H groups in total. The van der Waals surface area contributed by atoms with Gasteiger partial charge >= 0.3 is 13.2 Å². The van der Waals surface area contributed by atoms with Crippen molar-refractivity contribution in [2.24, 2.45) is 0 Å². The van der Waals surface area contributed by atoms with Crippen LogP contribution in [0, 0.1) is 13.8 Å². The van der Waals surface area contributed by atoms with Crippen molar-refractivity contribution >= 4 is 46.6 Å². The molecular weight excluding hydrogens is 377 g/mol. The van der Waals surface area contributed by atoms with Gasteiger partial charge in [0.25, 0.3) is 0 Å². The van der Waals surface area contributed by atoms with Crippen LogP contribution in [0.15, 0.2) is 24.3 Å². The second kappa shape index (κ2) is 7.50. The van der Waals surface area contributed by atoms with Gasteiger partial charge in [-0.2, -0.15) is 0 Å². The van der Waals surface area contributed by atoms with Crippen molar-refractivity contribution in [3.05, 3.63) is 35.0 Å². The highest BCUT2D eigenvalue weighted by Gasteiger charge is 2.22. The summed E-state index contributed by atoms with van der Waals surface area (Å²) in [5.74, 6) is 0. The van der Waals surface area contributed by atoms with E-state index in [2.05, 4.69) is 15.3 Å². The molecule has 0 aliphatic heterocycles. The Hall–Kier alpha value is -2.49. The number of carbonyl (C=O) groups is 1. The van der Waals surface area contributed by atoms with Crippen LogP contribution in [-0.2, 0) is 4.74 Å². The first-order valence-electron chi connectivity index (χ1n) is 8.79. The van der Waals surface area contributed by atoms with Crippen LogP contribution in [0.4, 0.5) is 10.5 Å². The fourth-order valence-corrected chi connectivity index (χ4v) is 3.71. The summed E-state index contributed by atoms with van der Waals surface area (Å²) in [6.45, 7) is 9.14. The van der Waals surface area contributed by atoms with Gasteiger partial charge in [0.05, 0.1) is 26.8 Å². The molecule has 7 nitrogen and oxygen atoms in total. The number of aromatic nitrogens is 2. The van der Waals surface area contributed by atoms with Gasteiger partial charge in [-0.05, 0) is 46.8 Å². The first-order chi connectivity index (χ1) is 13.0. The summed E-state index contributed by atoms with van der Waals surface area (Å²) >= 11 is 1.56. The van der Waals surface area contributed by atoms with Gasteiger partial charge < -0.3 is 14.8 Å². The molecule has 0 unspecified atom stereocenters. The molecule has 0 bridgehead atoms. The number of anilines is 1. The number of ether oxygens (including phenoxy) is 1. The van der Waals surface area contributed by atoms with Gasteiger partial charge in [-0.1, -0.05) is 12.1 Å². The van der Waals surface area contributed by atoms with Gasteiger partial charge in [-0.3, -0.25) is 5.32 Å². The fourth-order valence-electron chi connectivity index (χ4n) is 2.82. The van der Waals surface area contributed by atoms with Gasteiger partial charge in [0, 0.05) is 16.5 Å². The number of carbonyl (C=O) groups excluding carboxylic acids is 1. The highest BCUT2D eigenvalue weighted by Crippen LogP contribution is 2.30. The van der Waals surface area contributed by atoms with E-state index < -0.39 is 18.8 Å². The van der Waals surface area contributed by atoms with E-state index in [1.807, 2.05) is 26.0 Å². The molecule has 0 atom stereocenters. The summed E-state index contributed by atoms with van der Waals surface area (Å²) in [6.07, 6.45) is -0.682. The predicted molar refractivity (Wildman–Crippen MR) is 112 cm³/mol. The van der Waals surface area contributed by atoms with E-state index in [9.17, 15) is 14.8 Å². The van der Waals surface area contributed by atoms with Crippen molar-refractivity contribution in [1.29, 1.82) is 0 Å². The van der Waals surface area contributed by atoms with E-state index in [1.54, 1.807) is 44.2 Å². The topological polar surface area (TPSA) is 105 Å². The molecule has 2 aromatic heterocycles. The summed E-state index contributed by atoms with van der Waals surface area (Å²) in [7, 11) is -1.75. The molecule has 0 fully saturated rings. The number of pyridine rings is 1. The highest BCUT2D eigenvalue weighted by atomic mass is 32.1. The van der Waals surface area contributed by atoms with Crippen LogP contribution in [0.5, 0.6) is 0 Å². The average Bonchev–Trinajstić information content (AvgIpc) is 2.90. The molecule has 3 rings (SSSR count). The number of fused-ring (bicyclic) bond motifs is 1. The average molecular weight is 399 g/mol. The number of aryl methyl sites for hydroxylation is 2. The molecule has 0 aliphatic carbocycles. The van der Waals surface area contributed by atoms with Crippen LogP contribution in [-0.4, -0.2) is 38.8 Å². The van der Waals surface area contributed by atoms with E-state index in [4.69, 9.17) is 4.74 Å². The van der Waals surface area contributed by atoms with Gasteiger partial charge in [-0.15, -0.1) is 11.3 Å². The van der Waals surface area contributed by atoms with Crippen molar-refractivity contribution in [2.45, 2.75) is 40.2 Å². The Labute approximate surface area is 167 Å². The molecular formula is C19H22BN3O4S. The Morgan fingerprint density at radius 1 is 1.18 bits per heavy atom. The number of nitrogens with zero attached hydrogens (tertiary/aromatic N) is 2. The molecule has 9 heteroatoms. The van der Waals surface area contributed by atoms with Gasteiger partial charge in [-0.25, -0.2) is 14.8 Å². The van der Waals surface area contributed by atoms with E-state index in [0.29, 0.717) is 5.52 Å². The number of thiazole rings is 1. The second-order valence-corrected chi connectivity index (χ2v) is 8.68. The third-order valence-electron chi connectivity index (χ3n) is 3.91. The molecule has 0 aliphatic rings. The smallest absolute Gasteiger partial charge is 0.444 e. The lowest BCUT2D eigenvalue weighted by atomic mass is 9.78. The normalized spacial score (nSPS) is 11.5. The monoisotopic (exact) mass is 399 g/mol. The third kappa shape index (κ3) is 4.49. The summed E-state index contributed by atoms with van der Waals surface area (Å²) in [4.78, 5) is 22.2. The zero-order valence-electron chi connectivity index (χ0n) is 16.4. The lowest BCUT2D eigenvalue weighted by molar-refractivity contribution is 0.0636. The molecule has 1 amide bonds. The SMILES string of the molecule is Cc1nc(C)c(-c2ccc3cc(B(O)O)c(NC(=O)OC(C)(C)C)cc3n2)s1. The summed E-state index contributed by atoms with van der Waals surface area (Å²) in [5, 5.41) is 23.7. The number of hydrogen-bond acceptors (Lipinski definition) is 7. The lowest BCUT2D eigenvalue weighted by Gasteiger charge is -2.20. The zero-order valence-corrected chi connectivity index (χ0v) is 17.2. The Kier molecular flexibility index (Phi) is 5.42. The lowest BCUT2D eigenvalue weighted by Crippen LogP contribution is -2.35. The third-order valence-corrected chi connectivity index (χ3v) is 5.01. The highest BCUT2D eigenvalue weighted by molar-refractivity contribution is 7.15. The van der Waals surface area contributed by atoms with E-state index in [0.717, 1.165) is 26.7 Å². The maximum absolute atomic E-state index is 12.2. The molecule has 0 saturated heterocycles. The first kappa shape index (κ1) is 20.3. The maximum Gasteiger partial charge on any atom is 0.490 e. The Morgan fingerprint density at radius 2 is 1.89 bits per heavy atom. The van der Waals surface area contributed by atoms with Crippen molar-refractivity contribution < 1.29 is 19.6 Å². The summed E-state index contributed by atoms with van der Waals surface area (Å²) in [5.41, 5.74) is 2.01. The fraction of sp³-hybridized carbons (Fsp3) is 0.316. The number of benzene rings is 1. The van der Waals surface area contributed by atoms with E-state index >= 15 is 0 Å². The van der Waals surface area contributed by atoms with E-state index in [-0.39, 0.29) is 11.2 Å². The number of hydrogen-bond donors (Lipinski definition) is 3. The largest absolute Gasteiger partial charge is 0.490 e. The Bertz CT molecular complexity index is 1040. The van der Waals surface area contributed by atoms with E-state index in [1.165, 1.54) is 0 Å². The first-order valence-corrected chi connectivity index (χ1v) is 9.60. The van der Waals surface area contributed by atoms with Gasteiger partial charge in [0.2, 0.25) is 0 Å². The second-order valence-electron chi connectivity index (χ2n) is 7.48. The molecule has 0 spiro atoms. The predicted octanol–water partition coefficient (Wildman–Crippen LogP) is 3.00. The van der Waals surface area contributed by atoms with Crippen molar-refractivity contribution in [3.8, 4) is 10.6 Å². The van der Waals surface area contributed by atoms with Crippen LogP contribution < -0.4 is 10.8 Å². The number of amides is 1. The number of nitrogens with one attached hydrogen (secondary N) is 1. The minimum atomic E-state index is -1.75. The molecule has 3 aromatic rings. The van der Waals surface area contributed by atoms with Crippen LogP contribution >= 0.6 is 11.3 Å². The standard InChI is InChI=1S/C19H22BN3O4S/c1-10-17(28-11(2)21-10)14-7-6-12-8-13(20(25)26)16(9-15(12)22-14)23-18(24)27-19(3,4)5/h6-9,25-26H,1-5H3,(H,23,24). The molecule has 2 heterocycles. The van der Waals surface area contributed by atoms with Gasteiger partial charge in [0.15, 0.2) is 0 Å². The van der Waals surface area contributed by atoms with Crippen molar-refractivity contribution in [3.63, 3.8) is 0 Å². The minimum Gasteiger partial charge on any atom is -0.444 e. The van der Waals surface area contributed by atoms with Crippen LogP contribution in [0.1, 0.15) is 31.5 Å². The Morgan fingerprint density at radius 3 is 2.46 bits per heavy atom. The zero-order chi connectivity index (χ0) is 20.6. The van der Waals surface area contributed by atoms with Crippen molar-refractivity contribution in [1.82, 2.24) is 9.97 Å². The molecule has 146 valence electrons. The maximum atomic E-state index is 12.2. The van der Waals surface area contributed by atoms with Crippen molar-refractivity contribution in [2.75, 3.05) is 5.32 Å². The number of rotatable bonds is 3. The molecule has 0 saturated carbocycles. The molecule has 28 heavy (non-hydrogen) atoms. The minimum absolute atomic E-state index is 0.165. The Balaban J connectivity index is 2.05. The summed E-state index contributed by atoms with van der Waals surface area (Å²) in [6, 6.07) is 6.93. The quantitative estimate of drug-likeness (QED) is 0.585. The van der Waals surface area contributed by atoms with Crippen LogP contribution in [0.2, 0.25) is 0 Å². The molecule has 0 radical (unpaired) electrons. The van der Waals surface area contributed by atoms with Gasteiger partial charge in [0.1, 0.15) is 5.60 Å². The molecule has 1 aromatic carbocycles.